The maximum atomic E-state index is 6.01. The molecule has 0 aliphatic heterocycles. The Kier molecular flexibility index (Phi) is 4.28. The molecular formula is C18H21N7. The second-order valence-corrected chi connectivity index (χ2v) is 6.40. The molecule has 1 fully saturated rings. The monoisotopic (exact) mass is 335 g/mol. The third kappa shape index (κ3) is 3.60. The first-order chi connectivity index (χ1) is 12.3. The van der Waals surface area contributed by atoms with Crippen molar-refractivity contribution in [3.8, 4) is 0 Å². The molecule has 2 heterocycles. The largest absolute Gasteiger partial charge is 0.399 e. The van der Waals surface area contributed by atoms with Crippen molar-refractivity contribution in [2.75, 3.05) is 16.4 Å². The van der Waals surface area contributed by atoms with Gasteiger partial charge in [0.05, 0.1) is 11.2 Å². The van der Waals surface area contributed by atoms with Crippen molar-refractivity contribution in [2.45, 2.75) is 37.8 Å². The number of aromatic nitrogens is 4. The molecule has 7 nitrogen and oxygen atoms in total. The van der Waals surface area contributed by atoms with Gasteiger partial charge in [-0.25, -0.2) is 9.97 Å². The first kappa shape index (κ1) is 15.6. The van der Waals surface area contributed by atoms with Gasteiger partial charge in [0.2, 0.25) is 5.95 Å². The molecule has 0 bridgehead atoms. The highest BCUT2D eigenvalue weighted by atomic mass is 15.1. The molecule has 128 valence electrons. The van der Waals surface area contributed by atoms with Gasteiger partial charge >= 0.3 is 0 Å². The van der Waals surface area contributed by atoms with Crippen LogP contribution in [0.3, 0.4) is 0 Å². The Morgan fingerprint density at radius 3 is 2.24 bits per heavy atom. The number of nitrogens with one attached hydrogen (secondary N) is 2. The fourth-order valence-corrected chi connectivity index (χ4v) is 3.36. The number of fused-ring (bicyclic) bond motifs is 1. The first-order valence-electron chi connectivity index (χ1n) is 8.58. The van der Waals surface area contributed by atoms with E-state index in [1.807, 2.05) is 18.2 Å². The van der Waals surface area contributed by atoms with Crippen LogP contribution in [-0.2, 0) is 0 Å². The maximum Gasteiger partial charge on any atom is 0.222 e. The summed E-state index contributed by atoms with van der Waals surface area (Å²) in [6, 6.07) is 6.44. The van der Waals surface area contributed by atoms with Crippen molar-refractivity contribution in [3.63, 3.8) is 0 Å². The lowest BCUT2D eigenvalue weighted by molar-refractivity contribution is 0.427. The number of nitrogen functional groups attached to an aromatic ring is 1. The van der Waals surface area contributed by atoms with E-state index in [0.29, 0.717) is 23.7 Å². The van der Waals surface area contributed by atoms with Gasteiger partial charge in [0.15, 0.2) is 0 Å². The zero-order valence-corrected chi connectivity index (χ0v) is 13.9. The van der Waals surface area contributed by atoms with Gasteiger partial charge in [0, 0.05) is 42.6 Å². The van der Waals surface area contributed by atoms with Crippen molar-refractivity contribution in [1.82, 2.24) is 19.9 Å². The highest BCUT2D eigenvalue weighted by molar-refractivity contribution is 5.90. The van der Waals surface area contributed by atoms with Crippen LogP contribution in [0.1, 0.15) is 25.7 Å². The van der Waals surface area contributed by atoms with E-state index in [1.165, 1.54) is 0 Å². The number of hydrogen-bond donors (Lipinski definition) is 3. The second-order valence-electron chi connectivity index (χ2n) is 6.40. The SMILES string of the molecule is Nc1cc(NC2CCC(Nc3ncccn3)CC2)c2nccnc2c1. The summed E-state index contributed by atoms with van der Waals surface area (Å²) in [7, 11) is 0. The first-order valence-corrected chi connectivity index (χ1v) is 8.58. The molecule has 0 radical (unpaired) electrons. The molecular weight excluding hydrogens is 314 g/mol. The summed E-state index contributed by atoms with van der Waals surface area (Å²) in [5.74, 6) is 0.705. The van der Waals surface area contributed by atoms with Crippen LogP contribution in [0, 0.1) is 0 Å². The normalized spacial score (nSPS) is 20.3. The number of rotatable bonds is 4. The van der Waals surface area contributed by atoms with E-state index in [-0.39, 0.29) is 0 Å². The Bertz CT molecular complexity index is 844. The Morgan fingerprint density at radius 1 is 0.800 bits per heavy atom. The van der Waals surface area contributed by atoms with Crippen LogP contribution >= 0.6 is 0 Å². The van der Waals surface area contributed by atoms with E-state index < -0.39 is 0 Å². The lowest BCUT2D eigenvalue weighted by Crippen LogP contribution is -2.32. The summed E-state index contributed by atoms with van der Waals surface area (Å²) in [6.45, 7) is 0. The quantitative estimate of drug-likeness (QED) is 0.630. The van der Waals surface area contributed by atoms with Crippen LogP contribution in [0.15, 0.2) is 43.0 Å². The van der Waals surface area contributed by atoms with Gasteiger partial charge in [0.25, 0.3) is 0 Å². The van der Waals surface area contributed by atoms with Crippen molar-refractivity contribution >= 4 is 28.4 Å². The van der Waals surface area contributed by atoms with E-state index in [2.05, 4.69) is 30.6 Å². The molecule has 4 rings (SSSR count). The fraction of sp³-hybridized carbons (Fsp3) is 0.333. The minimum Gasteiger partial charge on any atom is -0.399 e. The highest BCUT2D eigenvalue weighted by Gasteiger charge is 2.22. The van der Waals surface area contributed by atoms with Crippen LogP contribution in [0.5, 0.6) is 0 Å². The second kappa shape index (κ2) is 6.88. The standard InChI is InChI=1S/C18H21N7/c19-12-10-15-17(21-9-8-20-15)16(11-12)24-13-2-4-14(5-3-13)25-18-22-6-1-7-23-18/h1,6-11,13-14,24H,2-5,19H2,(H,22,23,25). The van der Waals surface area contributed by atoms with Gasteiger partial charge in [-0.15, -0.1) is 0 Å². The zero-order chi connectivity index (χ0) is 17.1. The third-order valence-corrected chi connectivity index (χ3v) is 4.58. The summed E-state index contributed by atoms with van der Waals surface area (Å²) >= 11 is 0. The molecule has 1 aliphatic carbocycles. The lowest BCUT2D eigenvalue weighted by atomic mass is 9.91. The Labute approximate surface area is 146 Å². The van der Waals surface area contributed by atoms with E-state index >= 15 is 0 Å². The van der Waals surface area contributed by atoms with Crippen molar-refractivity contribution in [3.05, 3.63) is 43.0 Å². The van der Waals surface area contributed by atoms with E-state index in [9.17, 15) is 0 Å². The van der Waals surface area contributed by atoms with Crippen LogP contribution in [0.2, 0.25) is 0 Å². The smallest absolute Gasteiger partial charge is 0.222 e. The van der Waals surface area contributed by atoms with Gasteiger partial charge in [-0.3, -0.25) is 9.97 Å². The molecule has 0 spiro atoms. The molecule has 1 aliphatic rings. The summed E-state index contributed by atoms with van der Waals surface area (Å²) in [4.78, 5) is 17.3. The van der Waals surface area contributed by atoms with Gasteiger partial charge in [-0.05, 0) is 43.9 Å². The van der Waals surface area contributed by atoms with Crippen molar-refractivity contribution in [2.24, 2.45) is 0 Å². The van der Waals surface area contributed by atoms with Crippen LogP contribution in [0.4, 0.5) is 17.3 Å². The number of benzene rings is 1. The number of hydrogen-bond acceptors (Lipinski definition) is 7. The lowest BCUT2D eigenvalue weighted by Gasteiger charge is -2.30. The number of nitrogens with two attached hydrogens (primary N) is 1. The Balaban J connectivity index is 1.41. The van der Waals surface area contributed by atoms with Gasteiger partial charge in [0.1, 0.15) is 5.52 Å². The summed E-state index contributed by atoms with van der Waals surface area (Å²) in [6.07, 6.45) is 11.2. The highest BCUT2D eigenvalue weighted by Crippen LogP contribution is 2.28. The molecule has 2 aromatic heterocycles. The molecule has 0 saturated heterocycles. The minimum absolute atomic E-state index is 0.404. The van der Waals surface area contributed by atoms with Crippen LogP contribution in [-0.4, -0.2) is 32.0 Å². The van der Waals surface area contributed by atoms with Crippen molar-refractivity contribution < 1.29 is 0 Å². The predicted octanol–water partition coefficient (Wildman–Crippen LogP) is 2.84. The average molecular weight is 335 g/mol. The Morgan fingerprint density at radius 2 is 1.48 bits per heavy atom. The van der Waals surface area contributed by atoms with E-state index in [1.54, 1.807) is 24.8 Å². The zero-order valence-electron chi connectivity index (χ0n) is 13.9. The maximum absolute atomic E-state index is 6.01. The minimum atomic E-state index is 0.404. The number of anilines is 3. The van der Waals surface area contributed by atoms with E-state index in [0.717, 1.165) is 42.4 Å². The van der Waals surface area contributed by atoms with Crippen LogP contribution in [0.25, 0.3) is 11.0 Å². The third-order valence-electron chi connectivity index (χ3n) is 4.58. The average Bonchev–Trinajstić information content (AvgIpc) is 2.64. The Hall–Kier alpha value is -2.96. The van der Waals surface area contributed by atoms with E-state index in [4.69, 9.17) is 5.73 Å². The number of nitrogens with zero attached hydrogens (tertiary/aromatic N) is 4. The molecule has 1 aromatic carbocycles. The molecule has 0 atom stereocenters. The molecule has 4 N–H and O–H groups in total. The van der Waals surface area contributed by atoms with Gasteiger partial charge in [-0.2, -0.15) is 0 Å². The summed E-state index contributed by atoms with van der Waals surface area (Å²) in [5, 5.41) is 7.02. The topological polar surface area (TPSA) is 102 Å². The fourth-order valence-electron chi connectivity index (χ4n) is 3.36. The van der Waals surface area contributed by atoms with Crippen molar-refractivity contribution in [1.29, 1.82) is 0 Å². The molecule has 7 heteroatoms. The molecule has 25 heavy (non-hydrogen) atoms. The van der Waals surface area contributed by atoms with Gasteiger partial charge in [-0.1, -0.05) is 0 Å². The molecule has 0 unspecified atom stereocenters. The molecule has 1 saturated carbocycles. The molecule has 0 amide bonds. The summed E-state index contributed by atoms with van der Waals surface area (Å²) in [5.41, 5.74) is 9.36. The predicted molar refractivity (Wildman–Crippen MR) is 99.3 cm³/mol. The molecule has 3 aromatic rings. The van der Waals surface area contributed by atoms with Crippen LogP contribution < -0.4 is 16.4 Å². The summed E-state index contributed by atoms with van der Waals surface area (Å²) < 4.78 is 0. The van der Waals surface area contributed by atoms with Gasteiger partial charge < -0.3 is 16.4 Å².